The average Bonchev–Trinajstić information content (AvgIpc) is 3.33. The van der Waals surface area contributed by atoms with Gasteiger partial charge in [-0.1, -0.05) is 25.7 Å². The molecule has 0 aliphatic heterocycles. The van der Waals surface area contributed by atoms with E-state index in [4.69, 9.17) is 4.74 Å². The Morgan fingerprint density at radius 1 is 0.946 bits per heavy atom. The minimum Gasteiger partial charge on any atom is -0.481 e. The molecule has 0 spiro atoms. The van der Waals surface area contributed by atoms with E-state index in [-0.39, 0.29) is 23.4 Å². The molecule has 0 saturated carbocycles. The molecule has 2 aromatic carbocycles. The van der Waals surface area contributed by atoms with Crippen LogP contribution in [0.4, 0.5) is 13.2 Å². The summed E-state index contributed by atoms with van der Waals surface area (Å²) in [5.41, 5.74) is 0.306. The molecule has 0 saturated heterocycles. The van der Waals surface area contributed by atoms with Crippen LogP contribution in [0.2, 0.25) is 0 Å². The number of benzene rings is 2. The minimum absolute atomic E-state index is 0.0469. The third-order valence-electron chi connectivity index (χ3n) is 5.64. The lowest BCUT2D eigenvalue weighted by Crippen LogP contribution is -2.40. The zero-order chi connectivity index (χ0) is 26.6. The molecule has 0 aliphatic rings. The molecule has 4 rings (SSSR count). The molecule has 0 radical (unpaired) electrons. The number of H-pyrrole nitrogens is 1. The maximum Gasteiger partial charge on any atom is 0.416 e. The predicted molar refractivity (Wildman–Crippen MR) is 134 cm³/mol. The van der Waals surface area contributed by atoms with Crippen molar-refractivity contribution < 1.29 is 17.9 Å². The van der Waals surface area contributed by atoms with E-state index in [1.165, 1.54) is 21.3 Å². The Labute approximate surface area is 210 Å². The number of aromatic amines is 1. The molecule has 2 aromatic heterocycles. The molecule has 0 fully saturated rings. The third-order valence-corrected chi connectivity index (χ3v) is 5.64. The molecule has 192 valence electrons. The van der Waals surface area contributed by atoms with Gasteiger partial charge in [0, 0.05) is 24.2 Å². The molecule has 10 heteroatoms. The van der Waals surface area contributed by atoms with Gasteiger partial charge in [-0.15, -0.1) is 0 Å². The molecule has 1 N–H and O–H groups in total. The van der Waals surface area contributed by atoms with Crippen LogP contribution in [0.3, 0.4) is 0 Å². The highest BCUT2D eigenvalue weighted by Crippen LogP contribution is 2.29. The van der Waals surface area contributed by atoms with Crippen LogP contribution in [0.5, 0.6) is 5.75 Å². The fourth-order valence-electron chi connectivity index (χ4n) is 3.86. The summed E-state index contributed by atoms with van der Waals surface area (Å²) in [7, 11) is 0. The number of aryl methyl sites for hydroxylation is 1. The molecule has 0 bridgehead atoms. The third kappa shape index (κ3) is 5.61. The number of nitrogens with zero attached hydrogens (tertiary/aromatic N) is 3. The maximum absolute atomic E-state index is 12.9. The Morgan fingerprint density at radius 2 is 1.59 bits per heavy atom. The normalized spacial score (nSPS) is 11.4. The number of fused-ring (bicyclic) bond motifs is 1. The van der Waals surface area contributed by atoms with Crippen molar-refractivity contribution in [1.29, 1.82) is 0 Å². The zero-order valence-electron chi connectivity index (χ0n) is 20.4. The number of ether oxygens (including phenoxy) is 1. The van der Waals surface area contributed by atoms with Gasteiger partial charge in [0.2, 0.25) is 0 Å². The fourth-order valence-corrected chi connectivity index (χ4v) is 3.86. The lowest BCUT2D eigenvalue weighted by molar-refractivity contribution is -0.137. The van der Waals surface area contributed by atoms with Crippen molar-refractivity contribution in [3.8, 4) is 29.0 Å². The van der Waals surface area contributed by atoms with Crippen molar-refractivity contribution in [2.24, 2.45) is 0 Å². The maximum atomic E-state index is 12.9. The van der Waals surface area contributed by atoms with Gasteiger partial charge in [-0.05, 0) is 61.4 Å². The van der Waals surface area contributed by atoms with Gasteiger partial charge in [-0.3, -0.25) is 13.9 Å². The second-order valence-corrected chi connectivity index (χ2v) is 8.36. The number of hydrogen-bond acceptors (Lipinski definition) is 4. The van der Waals surface area contributed by atoms with Gasteiger partial charge in [-0.2, -0.15) is 13.2 Å². The lowest BCUT2D eigenvalue weighted by Gasteiger charge is -2.09. The fraction of sp³-hybridized carbons (Fsp3) is 0.296. The van der Waals surface area contributed by atoms with E-state index in [1.54, 1.807) is 24.3 Å². The summed E-state index contributed by atoms with van der Waals surface area (Å²) in [5.74, 6) is 6.54. The summed E-state index contributed by atoms with van der Waals surface area (Å²) in [6.07, 6.45) is -3.01. The first-order chi connectivity index (χ1) is 17.7. The Morgan fingerprint density at radius 3 is 2.22 bits per heavy atom. The molecule has 37 heavy (non-hydrogen) atoms. The number of rotatable bonds is 7. The Balaban J connectivity index is 1.50. The minimum atomic E-state index is -4.38. The Hall–Kier alpha value is -4.26. The van der Waals surface area contributed by atoms with Gasteiger partial charge in [0.1, 0.15) is 23.7 Å². The van der Waals surface area contributed by atoms with Crippen LogP contribution in [0.1, 0.15) is 37.8 Å². The first kappa shape index (κ1) is 25.8. The number of alkyl halides is 3. The first-order valence-corrected chi connectivity index (χ1v) is 11.9. The zero-order valence-corrected chi connectivity index (χ0v) is 20.4. The second kappa shape index (κ2) is 10.8. The van der Waals surface area contributed by atoms with Crippen molar-refractivity contribution >= 4 is 11.2 Å². The summed E-state index contributed by atoms with van der Waals surface area (Å²) in [5, 5.41) is 0. The van der Waals surface area contributed by atoms with Crippen molar-refractivity contribution in [1.82, 2.24) is 19.1 Å². The van der Waals surface area contributed by atoms with Gasteiger partial charge >= 0.3 is 11.9 Å². The van der Waals surface area contributed by atoms with Crippen LogP contribution in [-0.4, -0.2) is 25.7 Å². The largest absolute Gasteiger partial charge is 0.481 e. The van der Waals surface area contributed by atoms with E-state index in [9.17, 15) is 22.8 Å². The Bertz CT molecular complexity index is 1570. The van der Waals surface area contributed by atoms with Crippen LogP contribution >= 0.6 is 0 Å². The van der Waals surface area contributed by atoms with E-state index >= 15 is 0 Å². The molecular weight excluding hydrogens is 485 g/mol. The highest BCUT2D eigenvalue weighted by molar-refractivity contribution is 5.75. The van der Waals surface area contributed by atoms with Crippen molar-refractivity contribution in [2.75, 3.05) is 6.61 Å². The summed E-state index contributed by atoms with van der Waals surface area (Å²) in [6, 6.07) is 11.6. The van der Waals surface area contributed by atoms with E-state index in [0.717, 1.165) is 18.6 Å². The predicted octanol–water partition coefficient (Wildman–Crippen LogP) is 4.82. The van der Waals surface area contributed by atoms with Crippen molar-refractivity contribution in [2.45, 2.75) is 46.0 Å². The van der Waals surface area contributed by atoms with E-state index in [1.807, 2.05) is 13.8 Å². The summed E-state index contributed by atoms with van der Waals surface area (Å²) in [6.45, 7) is 4.69. The molecule has 0 unspecified atom stereocenters. The van der Waals surface area contributed by atoms with E-state index in [0.29, 0.717) is 47.9 Å². The molecule has 0 aliphatic carbocycles. The van der Waals surface area contributed by atoms with Crippen molar-refractivity contribution in [3.05, 3.63) is 80.5 Å². The highest BCUT2D eigenvalue weighted by Gasteiger charge is 2.29. The molecular formula is C27H25F3N4O3. The summed E-state index contributed by atoms with van der Waals surface area (Å²) < 4.78 is 46.3. The van der Waals surface area contributed by atoms with Crippen LogP contribution in [0, 0.1) is 11.8 Å². The van der Waals surface area contributed by atoms with Crippen LogP contribution in [-0.2, 0) is 19.3 Å². The molecule has 2 heterocycles. The Kier molecular flexibility index (Phi) is 7.53. The molecule has 0 amide bonds. The van der Waals surface area contributed by atoms with Crippen molar-refractivity contribution in [3.63, 3.8) is 0 Å². The number of nitrogens with one attached hydrogen (secondary N) is 1. The number of imidazole rings is 1. The summed E-state index contributed by atoms with van der Waals surface area (Å²) >= 11 is 0. The lowest BCUT2D eigenvalue weighted by atomic mass is 10.1. The number of aromatic nitrogens is 4. The SMILES string of the molecule is CCCn1c(=O)c2[nH]c(-c3ccc(OCC#Cc4ccc(C(F)(F)F)cc4)cc3)nc2n(CCC)c1=O. The number of halogens is 3. The van der Waals surface area contributed by atoms with Crippen LogP contribution in [0.15, 0.2) is 58.1 Å². The monoisotopic (exact) mass is 510 g/mol. The topological polar surface area (TPSA) is 81.9 Å². The first-order valence-electron chi connectivity index (χ1n) is 11.9. The second-order valence-electron chi connectivity index (χ2n) is 8.36. The van der Waals surface area contributed by atoms with Gasteiger partial charge < -0.3 is 9.72 Å². The summed E-state index contributed by atoms with van der Waals surface area (Å²) in [4.78, 5) is 33.4. The van der Waals surface area contributed by atoms with E-state index < -0.39 is 11.7 Å². The van der Waals surface area contributed by atoms with Gasteiger partial charge in [-0.25, -0.2) is 9.78 Å². The molecule has 7 nitrogen and oxygen atoms in total. The van der Waals surface area contributed by atoms with Gasteiger partial charge in [0.15, 0.2) is 5.65 Å². The standard InChI is InChI=1S/C27H25F3N4O3/c1-3-15-33-24-22(25(35)34(16-4-2)26(33)36)31-23(32-24)19-9-13-21(14-10-19)37-17-5-6-18-7-11-20(12-8-18)27(28,29)30/h7-14H,3-4,15-17H2,1-2H3,(H,31,32). The molecule has 0 atom stereocenters. The van der Waals surface area contributed by atoms with Gasteiger partial charge in [0.25, 0.3) is 5.56 Å². The van der Waals surface area contributed by atoms with Gasteiger partial charge in [0.05, 0.1) is 5.56 Å². The smallest absolute Gasteiger partial charge is 0.416 e. The van der Waals surface area contributed by atoms with Crippen LogP contribution in [0.25, 0.3) is 22.6 Å². The highest BCUT2D eigenvalue weighted by atomic mass is 19.4. The number of hydrogen-bond donors (Lipinski definition) is 1. The van der Waals surface area contributed by atoms with E-state index in [2.05, 4.69) is 21.8 Å². The average molecular weight is 511 g/mol. The molecule has 4 aromatic rings. The van der Waals surface area contributed by atoms with Crippen LogP contribution < -0.4 is 16.0 Å². The quantitative estimate of drug-likeness (QED) is 0.362.